The summed E-state index contributed by atoms with van der Waals surface area (Å²) in [7, 11) is 0. The van der Waals surface area contributed by atoms with Gasteiger partial charge >= 0.3 is 0 Å². The third-order valence-electron chi connectivity index (χ3n) is 3.89. The van der Waals surface area contributed by atoms with Crippen molar-refractivity contribution < 1.29 is 14.3 Å². The number of anilines is 1. The smallest absolute Gasteiger partial charge is 0.242 e. The van der Waals surface area contributed by atoms with E-state index in [0.29, 0.717) is 41.2 Å². The molecule has 2 aromatic rings. The summed E-state index contributed by atoms with van der Waals surface area (Å²) in [5.41, 5.74) is 0.676. The number of carbonyl (C=O) groups excluding carboxylic acids is 1. The van der Waals surface area contributed by atoms with Crippen LogP contribution in [0.1, 0.15) is 6.92 Å². The molecule has 138 valence electrons. The number of amides is 1. The van der Waals surface area contributed by atoms with Gasteiger partial charge < -0.3 is 19.7 Å². The molecule has 1 saturated heterocycles. The SMILES string of the molecule is C[C@@H]1CN(C(=O)CNc2ccccc2Oc2ncc(Cl)cc2Cl)CCO1. The van der Waals surface area contributed by atoms with Crippen LogP contribution in [-0.4, -0.2) is 48.1 Å². The van der Waals surface area contributed by atoms with E-state index in [1.54, 1.807) is 17.0 Å². The Labute approximate surface area is 162 Å². The quantitative estimate of drug-likeness (QED) is 0.832. The molecule has 0 unspecified atom stereocenters. The highest BCUT2D eigenvalue weighted by Crippen LogP contribution is 2.33. The molecule has 1 N–H and O–H groups in total. The zero-order valence-corrected chi connectivity index (χ0v) is 15.8. The second-order valence-corrected chi connectivity index (χ2v) is 6.76. The molecule has 1 aromatic heterocycles. The van der Waals surface area contributed by atoms with Gasteiger partial charge in [0.25, 0.3) is 0 Å². The highest BCUT2D eigenvalue weighted by atomic mass is 35.5. The molecule has 1 aliphatic heterocycles. The molecular formula is C18H19Cl2N3O3. The molecule has 0 spiro atoms. The summed E-state index contributed by atoms with van der Waals surface area (Å²) in [6.45, 7) is 3.89. The number of nitrogens with zero attached hydrogens (tertiary/aromatic N) is 2. The van der Waals surface area contributed by atoms with E-state index in [4.69, 9.17) is 32.7 Å². The fourth-order valence-corrected chi connectivity index (χ4v) is 3.03. The van der Waals surface area contributed by atoms with E-state index in [1.165, 1.54) is 6.20 Å². The van der Waals surface area contributed by atoms with Gasteiger partial charge in [-0.2, -0.15) is 0 Å². The number of rotatable bonds is 5. The van der Waals surface area contributed by atoms with E-state index < -0.39 is 0 Å². The summed E-state index contributed by atoms with van der Waals surface area (Å²) < 4.78 is 11.2. The van der Waals surface area contributed by atoms with Crippen molar-refractivity contribution in [1.29, 1.82) is 0 Å². The Bertz CT molecular complexity index is 788. The van der Waals surface area contributed by atoms with Crippen LogP contribution in [0.3, 0.4) is 0 Å². The number of pyridine rings is 1. The first-order valence-electron chi connectivity index (χ1n) is 8.24. The Morgan fingerprint density at radius 1 is 1.42 bits per heavy atom. The van der Waals surface area contributed by atoms with Crippen LogP contribution < -0.4 is 10.1 Å². The first kappa shape index (κ1) is 18.8. The Kier molecular flexibility index (Phi) is 6.19. The number of nitrogens with one attached hydrogen (secondary N) is 1. The first-order chi connectivity index (χ1) is 12.5. The first-order valence-corrected chi connectivity index (χ1v) is 8.99. The highest BCUT2D eigenvalue weighted by Gasteiger charge is 2.21. The Morgan fingerprint density at radius 3 is 3.00 bits per heavy atom. The molecular weight excluding hydrogens is 377 g/mol. The standard InChI is InChI=1S/C18H19Cl2N3O3/c1-12-11-23(6-7-25-12)17(24)10-21-15-4-2-3-5-16(15)26-18-14(20)8-13(19)9-22-18/h2-5,8-9,12,21H,6-7,10-11H2,1H3/t12-/m1/s1. The summed E-state index contributed by atoms with van der Waals surface area (Å²) in [5.74, 6) is 0.781. The van der Waals surface area contributed by atoms with Crippen LogP contribution in [0.15, 0.2) is 36.5 Å². The number of aromatic nitrogens is 1. The molecule has 1 atom stereocenters. The number of morpholine rings is 1. The maximum Gasteiger partial charge on any atom is 0.242 e. The van der Waals surface area contributed by atoms with Crippen LogP contribution in [0.2, 0.25) is 10.0 Å². The van der Waals surface area contributed by atoms with Crippen molar-refractivity contribution in [3.63, 3.8) is 0 Å². The van der Waals surface area contributed by atoms with Gasteiger partial charge in [0, 0.05) is 19.3 Å². The van der Waals surface area contributed by atoms with Crippen LogP contribution in [0, 0.1) is 0 Å². The molecule has 0 aliphatic carbocycles. The van der Waals surface area contributed by atoms with E-state index in [9.17, 15) is 4.79 Å². The molecule has 0 radical (unpaired) electrons. The lowest BCUT2D eigenvalue weighted by Crippen LogP contribution is -2.46. The van der Waals surface area contributed by atoms with Gasteiger partial charge in [-0.1, -0.05) is 35.3 Å². The fraction of sp³-hybridized carbons (Fsp3) is 0.333. The van der Waals surface area contributed by atoms with Crippen molar-refractivity contribution in [3.05, 3.63) is 46.6 Å². The average Bonchev–Trinajstić information content (AvgIpc) is 2.63. The van der Waals surface area contributed by atoms with Crippen LogP contribution in [-0.2, 0) is 9.53 Å². The summed E-state index contributed by atoms with van der Waals surface area (Å²) in [4.78, 5) is 18.3. The van der Waals surface area contributed by atoms with Crippen molar-refractivity contribution in [2.45, 2.75) is 13.0 Å². The lowest BCUT2D eigenvalue weighted by molar-refractivity contribution is -0.136. The summed E-state index contributed by atoms with van der Waals surface area (Å²) >= 11 is 12.0. The lowest BCUT2D eigenvalue weighted by Gasteiger charge is -2.31. The fourth-order valence-electron chi connectivity index (χ4n) is 2.61. The topological polar surface area (TPSA) is 63.7 Å². The zero-order chi connectivity index (χ0) is 18.5. The molecule has 2 heterocycles. The lowest BCUT2D eigenvalue weighted by atomic mass is 10.2. The van der Waals surface area contributed by atoms with Gasteiger partial charge in [-0.25, -0.2) is 4.98 Å². The van der Waals surface area contributed by atoms with Gasteiger partial charge in [-0.3, -0.25) is 4.79 Å². The molecule has 3 rings (SSSR count). The van der Waals surface area contributed by atoms with Crippen molar-refractivity contribution >= 4 is 34.8 Å². The summed E-state index contributed by atoms with van der Waals surface area (Å²) in [5, 5.41) is 3.86. The van der Waals surface area contributed by atoms with Crippen LogP contribution in [0.4, 0.5) is 5.69 Å². The van der Waals surface area contributed by atoms with Gasteiger partial charge in [0.1, 0.15) is 5.02 Å². The highest BCUT2D eigenvalue weighted by molar-refractivity contribution is 6.35. The number of halogens is 2. The minimum atomic E-state index is 0.0117. The number of hydrogen-bond donors (Lipinski definition) is 1. The number of para-hydroxylation sites is 2. The molecule has 26 heavy (non-hydrogen) atoms. The van der Waals surface area contributed by atoms with Crippen LogP contribution in [0.5, 0.6) is 11.6 Å². The van der Waals surface area contributed by atoms with Crippen molar-refractivity contribution in [2.24, 2.45) is 0 Å². The Morgan fingerprint density at radius 2 is 2.23 bits per heavy atom. The minimum Gasteiger partial charge on any atom is -0.435 e. The van der Waals surface area contributed by atoms with Crippen molar-refractivity contribution in [3.8, 4) is 11.6 Å². The summed E-state index contributed by atoms with van der Waals surface area (Å²) in [6.07, 6.45) is 1.52. The van der Waals surface area contributed by atoms with Gasteiger partial charge in [0.05, 0.1) is 30.0 Å². The van der Waals surface area contributed by atoms with Crippen molar-refractivity contribution in [2.75, 3.05) is 31.6 Å². The monoisotopic (exact) mass is 395 g/mol. The molecule has 8 heteroatoms. The second kappa shape index (κ2) is 8.58. The van der Waals surface area contributed by atoms with Gasteiger partial charge in [0.15, 0.2) is 5.75 Å². The number of carbonyl (C=O) groups is 1. The third kappa shape index (κ3) is 4.78. The maximum absolute atomic E-state index is 12.4. The normalized spacial score (nSPS) is 17.0. The molecule has 1 aromatic carbocycles. The van der Waals surface area contributed by atoms with E-state index in [1.807, 2.05) is 25.1 Å². The third-order valence-corrected chi connectivity index (χ3v) is 4.37. The second-order valence-electron chi connectivity index (χ2n) is 5.91. The largest absolute Gasteiger partial charge is 0.435 e. The summed E-state index contributed by atoms with van der Waals surface area (Å²) in [6, 6.07) is 8.85. The number of hydrogen-bond acceptors (Lipinski definition) is 5. The maximum atomic E-state index is 12.4. The zero-order valence-electron chi connectivity index (χ0n) is 14.2. The molecule has 1 fully saturated rings. The average molecular weight is 396 g/mol. The molecule has 0 saturated carbocycles. The van der Waals surface area contributed by atoms with Gasteiger partial charge in [-0.15, -0.1) is 0 Å². The number of benzene rings is 1. The van der Waals surface area contributed by atoms with E-state index in [0.717, 1.165) is 0 Å². The Balaban J connectivity index is 1.66. The molecule has 0 bridgehead atoms. The molecule has 6 nitrogen and oxygen atoms in total. The van der Waals surface area contributed by atoms with Crippen molar-refractivity contribution in [1.82, 2.24) is 9.88 Å². The van der Waals surface area contributed by atoms with E-state index >= 15 is 0 Å². The van der Waals surface area contributed by atoms with E-state index in [-0.39, 0.29) is 24.4 Å². The van der Waals surface area contributed by atoms with Crippen LogP contribution >= 0.6 is 23.2 Å². The van der Waals surface area contributed by atoms with Gasteiger partial charge in [0.2, 0.25) is 11.8 Å². The molecule has 1 amide bonds. The predicted octanol–water partition coefficient (Wildman–Crippen LogP) is 3.84. The number of ether oxygens (including phenoxy) is 2. The van der Waals surface area contributed by atoms with Crippen LogP contribution in [0.25, 0.3) is 0 Å². The Hall–Kier alpha value is -2.02. The van der Waals surface area contributed by atoms with E-state index in [2.05, 4.69) is 10.3 Å². The minimum absolute atomic E-state index is 0.0117. The van der Waals surface area contributed by atoms with Gasteiger partial charge in [-0.05, 0) is 25.1 Å². The molecule has 1 aliphatic rings. The predicted molar refractivity (Wildman–Crippen MR) is 101 cm³/mol.